The van der Waals surface area contributed by atoms with Crippen LogP contribution in [0.15, 0.2) is 12.1 Å². The standard InChI is InChI=1S/C12H18FN3O2/c1-3-5-15-11-7-10(8(13)6-9(11)14)16-12(17)18-4-2/h6-7,15H,3-5,14H2,1-2H3,(H,16,17). The number of nitrogens with two attached hydrogens (primary N) is 1. The van der Waals surface area contributed by atoms with Gasteiger partial charge in [-0.2, -0.15) is 0 Å². The lowest BCUT2D eigenvalue weighted by atomic mass is 10.2. The van der Waals surface area contributed by atoms with Crippen LogP contribution in [0.2, 0.25) is 0 Å². The molecule has 0 fully saturated rings. The van der Waals surface area contributed by atoms with Crippen molar-refractivity contribution in [1.82, 2.24) is 0 Å². The number of halogens is 1. The summed E-state index contributed by atoms with van der Waals surface area (Å²) < 4.78 is 18.3. The van der Waals surface area contributed by atoms with E-state index in [4.69, 9.17) is 5.73 Å². The summed E-state index contributed by atoms with van der Waals surface area (Å²) >= 11 is 0. The summed E-state index contributed by atoms with van der Waals surface area (Å²) in [5, 5.41) is 5.38. The van der Waals surface area contributed by atoms with Crippen molar-refractivity contribution in [1.29, 1.82) is 0 Å². The van der Waals surface area contributed by atoms with E-state index in [0.717, 1.165) is 6.42 Å². The Bertz CT molecular complexity index is 424. The Morgan fingerprint density at radius 2 is 2.11 bits per heavy atom. The molecule has 1 rings (SSSR count). The van der Waals surface area contributed by atoms with E-state index in [2.05, 4.69) is 15.4 Å². The van der Waals surface area contributed by atoms with E-state index >= 15 is 0 Å². The second kappa shape index (κ2) is 6.68. The molecule has 1 amide bonds. The molecule has 1 aromatic carbocycles. The number of hydrogen-bond acceptors (Lipinski definition) is 4. The van der Waals surface area contributed by atoms with E-state index in [1.165, 1.54) is 12.1 Å². The number of amides is 1. The highest BCUT2D eigenvalue weighted by molar-refractivity contribution is 5.87. The molecule has 6 heteroatoms. The van der Waals surface area contributed by atoms with Crippen molar-refractivity contribution < 1.29 is 13.9 Å². The van der Waals surface area contributed by atoms with Gasteiger partial charge in [-0.25, -0.2) is 9.18 Å². The molecule has 0 aliphatic heterocycles. The first-order chi connectivity index (χ1) is 8.58. The van der Waals surface area contributed by atoms with E-state index in [9.17, 15) is 9.18 Å². The molecule has 5 nitrogen and oxygen atoms in total. The van der Waals surface area contributed by atoms with E-state index in [0.29, 0.717) is 17.9 Å². The normalized spacial score (nSPS) is 9.94. The number of carbonyl (C=O) groups is 1. The summed E-state index contributed by atoms with van der Waals surface area (Å²) in [6, 6.07) is 2.62. The summed E-state index contributed by atoms with van der Waals surface area (Å²) in [4.78, 5) is 11.2. The fourth-order valence-corrected chi connectivity index (χ4v) is 1.37. The van der Waals surface area contributed by atoms with Gasteiger partial charge in [0.15, 0.2) is 0 Å². The Morgan fingerprint density at radius 3 is 2.72 bits per heavy atom. The highest BCUT2D eigenvalue weighted by Crippen LogP contribution is 2.26. The van der Waals surface area contributed by atoms with Gasteiger partial charge in [-0.15, -0.1) is 0 Å². The van der Waals surface area contributed by atoms with Crippen molar-refractivity contribution >= 4 is 23.2 Å². The summed E-state index contributed by atoms with van der Waals surface area (Å²) in [6.07, 6.45) is 0.222. The van der Waals surface area contributed by atoms with Crippen LogP contribution in [-0.2, 0) is 4.74 Å². The smallest absolute Gasteiger partial charge is 0.411 e. The largest absolute Gasteiger partial charge is 0.450 e. The molecule has 0 aromatic heterocycles. The number of benzene rings is 1. The highest BCUT2D eigenvalue weighted by Gasteiger charge is 2.11. The molecule has 0 bridgehead atoms. The van der Waals surface area contributed by atoms with Gasteiger partial charge in [0.25, 0.3) is 0 Å². The van der Waals surface area contributed by atoms with Crippen LogP contribution >= 0.6 is 0 Å². The molecule has 100 valence electrons. The summed E-state index contributed by atoms with van der Waals surface area (Å²) in [7, 11) is 0. The Kier molecular flexibility index (Phi) is 5.23. The molecule has 0 atom stereocenters. The van der Waals surface area contributed by atoms with Crippen molar-refractivity contribution in [3.8, 4) is 0 Å². The lowest BCUT2D eigenvalue weighted by molar-refractivity contribution is 0.168. The molecule has 4 N–H and O–H groups in total. The van der Waals surface area contributed by atoms with E-state index in [1.54, 1.807) is 6.92 Å². The maximum atomic E-state index is 13.6. The molecule has 0 spiro atoms. The zero-order valence-corrected chi connectivity index (χ0v) is 10.5. The number of anilines is 3. The summed E-state index contributed by atoms with van der Waals surface area (Å²) in [6.45, 7) is 4.62. The molecule has 1 aromatic rings. The third-order valence-electron chi connectivity index (χ3n) is 2.22. The van der Waals surface area contributed by atoms with Crippen molar-refractivity contribution in [2.75, 3.05) is 29.5 Å². The minimum Gasteiger partial charge on any atom is -0.450 e. The van der Waals surface area contributed by atoms with Gasteiger partial charge in [-0.1, -0.05) is 6.92 Å². The lowest BCUT2D eigenvalue weighted by Crippen LogP contribution is -2.15. The predicted octanol–water partition coefficient (Wildman–Crippen LogP) is 2.80. The van der Waals surface area contributed by atoms with E-state index in [1.807, 2.05) is 6.92 Å². The molecule has 0 aliphatic carbocycles. The lowest BCUT2D eigenvalue weighted by Gasteiger charge is -2.12. The van der Waals surface area contributed by atoms with Gasteiger partial charge in [0.05, 0.1) is 23.7 Å². The minimum absolute atomic E-state index is 0.0428. The molecule has 0 heterocycles. The third kappa shape index (κ3) is 3.80. The van der Waals surface area contributed by atoms with Crippen LogP contribution in [0.3, 0.4) is 0 Å². The number of nitrogens with one attached hydrogen (secondary N) is 2. The Balaban J connectivity index is 2.86. The monoisotopic (exact) mass is 255 g/mol. The predicted molar refractivity (Wildman–Crippen MR) is 70.2 cm³/mol. The molecule has 0 saturated carbocycles. The van der Waals surface area contributed by atoms with Crippen LogP contribution in [0.25, 0.3) is 0 Å². The topological polar surface area (TPSA) is 76.4 Å². The van der Waals surface area contributed by atoms with E-state index < -0.39 is 11.9 Å². The second-order valence-electron chi connectivity index (χ2n) is 3.69. The van der Waals surface area contributed by atoms with Gasteiger partial charge in [0, 0.05) is 12.6 Å². The first-order valence-electron chi connectivity index (χ1n) is 5.85. The molecule has 0 aliphatic rings. The zero-order valence-electron chi connectivity index (χ0n) is 10.5. The van der Waals surface area contributed by atoms with Crippen molar-refractivity contribution in [3.05, 3.63) is 17.9 Å². The number of hydrogen-bond donors (Lipinski definition) is 3. The number of ether oxygens (including phenoxy) is 1. The molecular formula is C12H18FN3O2. The van der Waals surface area contributed by atoms with Crippen LogP contribution in [0.1, 0.15) is 20.3 Å². The van der Waals surface area contributed by atoms with Gasteiger partial charge in [-0.05, 0) is 19.4 Å². The van der Waals surface area contributed by atoms with Gasteiger partial charge in [0.1, 0.15) is 5.82 Å². The quantitative estimate of drug-likeness (QED) is 0.707. The number of rotatable bonds is 5. The average molecular weight is 255 g/mol. The summed E-state index contributed by atoms with van der Waals surface area (Å²) in [5.41, 5.74) is 6.61. The first kappa shape index (κ1) is 14.1. The van der Waals surface area contributed by atoms with Crippen molar-refractivity contribution in [3.63, 3.8) is 0 Å². The molecular weight excluding hydrogens is 237 g/mol. The maximum absolute atomic E-state index is 13.6. The van der Waals surface area contributed by atoms with Gasteiger partial charge in [0.2, 0.25) is 0 Å². The highest BCUT2D eigenvalue weighted by atomic mass is 19.1. The Morgan fingerprint density at radius 1 is 1.39 bits per heavy atom. The minimum atomic E-state index is -0.692. The molecule has 0 radical (unpaired) electrons. The molecule has 18 heavy (non-hydrogen) atoms. The Labute approximate surface area is 106 Å². The van der Waals surface area contributed by atoms with Crippen molar-refractivity contribution in [2.45, 2.75) is 20.3 Å². The SMILES string of the molecule is CCCNc1cc(NC(=O)OCC)c(F)cc1N. The molecule has 0 saturated heterocycles. The van der Waals surface area contributed by atoms with Gasteiger partial charge in [-0.3, -0.25) is 5.32 Å². The summed E-state index contributed by atoms with van der Waals surface area (Å²) in [5.74, 6) is -0.595. The van der Waals surface area contributed by atoms with Crippen LogP contribution < -0.4 is 16.4 Å². The zero-order chi connectivity index (χ0) is 13.5. The maximum Gasteiger partial charge on any atom is 0.411 e. The second-order valence-corrected chi connectivity index (χ2v) is 3.69. The van der Waals surface area contributed by atoms with Crippen LogP contribution in [0, 0.1) is 5.82 Å². The first-order valence-corrected chi connectivity index (χ1v) is 5.85. The van der Waals surface area contributed by atoms with Crippen molar-refractivity contribution in [2.24, 2.45) is 0 Å². The Hall–Kier alpha value is -1.98. The third-order valence-corrected chi connectivity index (χ3v) is 2.22. The number of nitrogen functional groups attached to an aromatic ring is 1. The fraction of sp³-hybridized carbons (Fsp3) is 0.417. The van der Waals surface area contributed by atoms with Gasteiger partial charge >= 0.3 is 6.09 Å². The average Bonchev–Trinajstić information content (AvgIpc) is 2.31. The van der Waals surface area contributed by atoms with Crippen LogP contribution in [-0.4, -0.2) is 19.2 Å². The fourth-order valence-electron chi connectivity index (χ4n) is 1.37. The van der Waals surface area contributed by atoms with Gasteiger partial charge < -0.3 is 15.8 Å². The van der Waals surface area contributed by atoms with E-state index in [-0.39, 0.29) is 12.3 Å². The molecule has 0 unspecified atom stereocenters. The van der Waals surface area contributed by atoms with Crippen LogP contribution in [0.4, 0.5) is 26.2 Å². The number of carbonyl (C=O) groups excluding carboxylic acids is 1. The van der Waals surface area contributed by atoms with Crippen LogP contribution in [0.5, 0.6) is 0 Å².